The van der Waals surface area contributed by atoms with E-state index in [1.807, 2.05) is 6.92 Å². The van der Waals surface area contributed by atoms with Crippen LogP contribution in [0.5, 0.6) is 0 Å². The molecule has 0 aliphatic rings. The van der Waals surface area contributed by atoms with E-state index in [9.17, 15) is 9.90 Å². The Morgan fingerprint density at radius 3 is 2.73 bits per heavy atom. The van der Waals surface area contributed by atoms with Crippen molar-refractivity contribution in [2.24, 2.45) is 0 Å². The largest absolute Gasteiger partial charge is 0.481 e. The summed E-state index contributed by atoms with van der Waals surface area (Å²) in [6.45, 7) is 3.45. The summed E-state index contributed by atoms with van der Waals surface area (Å²) in [4.78, 5) is 10.7. The molecule has 0 saturated carbocycles. The van der Waals surface area contributed by atoms with Gasteiger partial charge in [-0.15, -0.1) is 0 Å². The molecule has 1 aromatic heterocycles. The van der Waals surface area contributed by atoms with Gasteiger partial charge in [-0.3, -0.25) is 4.79 Å². The van der Waals surface area contributed by atoms with Crippen molar-refractivity contribution in [1.29, 1.82) is 0 Å². The minimum absolute atomic E-state index is 0.427. The van der Waals surface area contributed by atoms with E-state index in [1.165, 1.54) is 0 Å². The molecule has 0 fully saturated rings. The summed E-state index contributed by atoms with van der Waals surface area (Å²) < 4.78 is 5.34. The summed E-state index contributed by atoms with van der Waals surface area (Å²) in [5.74, 6) is -0.488. The maximum absolute atomic E-state index is 10.7. The van der Waals surface area contributed by atoms with Gasteiger partial charge < -0.3 is 14.6 Å². The van der Waals surface area contributed by atoms with Crippen LogP contribution in [-0.4, -0.2) is 22.3 Å². The van der Waals surface area contributed by atoms with Gasteiger partial charge in [0.1, 0.15) is 17.4 Å². The SMILES string of the molecule is CC[C@H](O)Cc1ccc([C@@H](C)C(=O)O)o1. The van der Waals surface area contributed by atoms with E-state index in [2.05, 4.69) is 0 Å². The maximum atomic E-state index is 10.7. The van der Waals surface area contributed by atoms with Crippen molar-refractivity contribution >= 4 is 5.97 Å². The van der Waals surface area contributed by atoms with Gasteiger partial charge in [0.25, 0.3) is 0 Å². The number of carboxylic acid groups (broad SMARTS) is 1. The average Bonchev–Trinajstić information content (AvgIpc) is 2.64. The predicted octanol–water partition coefficient (Wildman–Crippen LogP) is 1.78. The van der Waals surface area contributed by atoms with Gasteiger partial charge in [0.05, 0.1) is 6.10 Å². The van der Waals surface area contributed by atoms with Crippen molar-refractivity contribution < 1.29 is 19.4 Å². The molecule has 0 saturated heterocycles. The van der Waals surface area contributed by atoms with Gasteiger partial charge in [-0.2, -0.15) is 0 Å². The molecule has 4 heteroatoms. The Morgan fingerprint density at radius 1 is 1.53 bits per heavy atom. The lowest BCUT2D eigenvalue weighted by Crippen LogP contribution is -2.08. The van der Waals surface area contributed by atoms with Crippen molar-refractivity contribution in [3.8, 4) is 0 Å². The van der Waals surface area contributed by atoms with Gasteiger partial charge in [0, 0.05) is 6.42 Å². The highest BCUT2D eigenvalue weighted by Crippen LogP contribution is 2.19. The number of hydrogen-bond donors (Lipinski definition) is 2. The highest BCUT2D eigenvalue weighted by molar-refractivity contribution is 5.74. The monoisotopic (exact) mass is 212 g/mol. The van der Waals surface area contributed by atoms with Crippen LogP contribution in [0.3, 0.4) is 0 Å². The molecule has 1 heterocycles. The van der Waals surface area contributed by atoms with Crippen molar-refractivity contribution in [3.63, 3.8) is 0 Å². The number of hydrogen-bond acceptors (Lipinski definition) is 3. The fourth-order valence-corrected chi connectivity index (χ4v) is 1.24. The third-order valence-corrected chi connectivity index (χ3v) is 2.39. The second-order valence-corrected chi connectivity index (χ2v) is 3.63. The lowest BCUT2D eigenvalue weighted by atomic mass is 10.1. The van der Waals surface area contributed by atoms with E-state index in [-0.39, 0.29) is 0 Å². The van der Waals surface area contributed by atoms with Crippen molar-refractivity contribution in [2.45, 2.75) is 38.7 Å². The van der Waals surface area contributed by atoms with Crippen molar-refractivity contribution in [3.05, 3.63) is 23.7 Å². The van der Waals surface area contributed by atoms with E-state index >= 15 is 0 Å². The first kappa shape index (κ1) is 11.8. The Balaban J connectivity index is 2.68. The van der Waals surface area contributed by atoms with Crippen LogP contribution in [0.25, 0.3) is 0 Å². The fraction of sp³-hybridized carbons (Fsp3) is 0.545. The molecule has 0 aromatic carbocycles. The lowest BCUT2D eigenvalue weighted by Gasteiger charge is -2.05. The van der Waals surface area contributed by atoms with Crippen LogP contribution in [0.4, 0.5) is 0 Å². The van der Waals surface area contributed by atoms with E-state index in [4.69, 9.17) is 9.52 Å². The van der Waals surface area contributed by atoms with Gasteiger partial charge in [0.2, 0.25) is 0 Å². The molecule has 0 aliphatic heterocycles. The number of aliphatic carboxylic acids is 1. The first-order valence-corrected chi connectivity index (χ1v) is 5.04. The molecule has 0 radical (unpaired) electrons. The van der Waals surface area contributed by atoms with Gasteiger partial charge in [-0.25, -0.2) is 0 Å². The average molecular weight is 212 g/mol. The molecular weight excluding hydrogens is 196 g/mol. The van der Waals surface area contributed by atoms with Crippen LogP contribution < -0.4 is 0 Å². The fourth-order valence-electron chi connectivity index (χ4n) is 1.24. The van der Waals surface area contributed by atoms with Crippen LogP contribution in [0.2, 0.25) is 0 Å². The number of carboxylic acids is 1. The maximum Gasteiger partial charge on any atom is 0.313 e. The second-order valence-electron chi connectivity index (χ2n) is 3.63. The topological polar surface area (TPSA) is 70.7 Å². The quantitative estimate of drug-likeness (QED) is 0.780. The van der Waals surface area contributed by atoms with E-state index in [0.29, 0.717) is 24.4 Å². The second kappa shape index (κ2) is 4.98. The molecule has 0 amide bonds. The summed E-state index contributed by atoms with van der Waals surface area (Å²) in [6, 6.07) is 3.37. The highest BCUT2D eigenvalue weighted by atomic mass is 16.4. The van der Waals surface area contributed by atoms with Crippen LogP contribution >= 0.6 is 0 Å². The Morgan fingerprint density at radius 2 is 2.20 bits per heavy atom. The Labute approximate surface area is 88.5 Å². The summed E-state index contributed by atoms with van der Waals surface area (Å²) in [5, 5.41) is 18.2. The third kappa shape index (κ3) is 3.09. The molecule has 2 N–H and O–H groups in total. The van der Waals surface area contributed by atoms with Crippen LogP contribution in [0.15, 0.2) is 16.5 Å². The lowest BCUT2D eigenvalue weighted by molar-refractivity contribution is -0.138. The minimum Gasteiger partial charge on any atom is -0.481 e. The van der Waals surface area contributed by atoms with E-state index < -0.39 is 18.0 Å². The molecule has 1 aromatic rings. The normalized spacial score (nSPS) is 14.9. The molecule has 0 unspecified atom stereocenters. The first-order chi connectivity index (χ1) is 7.04. The number of furan rings is 1. The Hall–Kier alpha value is -1.29. The number of aliphatic hydroxyl groups excluding tert-OH is 1. The number of aliphatic hydroxyl groups is 1. The summed E-state index contributed by atoms with van der Waals surface area (Å²) in [5.41, 5.74) is 0. The van der Waals surface area contributed by atoms with Gasteiger partial charge >= 0.3 is 5.97 Å². The summed E-state index contributed by atoms with van der Waals surface area (Å²) in [7, 11) is 0. The molecule has 2 atom stereocenters. The van der Waals surface area contributed by atoms with E-state index in [0.717, 1.165) is 0 Å². The first-order valence-electron chi connectivity index (χ1n) is 5.04. The molecule has 84 valence electrons. The van der Waals surface area contributed by atoms with Crippen LogP contribution in [0.1, 0.15) is 37.7 Å². The van der Waals surface area contributed by atoms with Crippen molar-refractivity contribution in [2.75, 3.05) is 0 Å². The molecule has 0 aliphatic carbocycles. The Kier molecular flexibility index (Phi) is 3.91. The minimum atomic E-state index is -0.910. The number of rotatable bonds is 5. The zero-order valence-electron chi connectivity index (χ0n) is 8.93. The molecule has 15 heavy (non-hydrogen) atoms. The summed E-state index contributed by atoms with van der Waals surface area (Å²) >= 11 is 0. The zero-order chi connectivity index (χ0) is 11.4. The molecule has 4 nitrogen and oxygen atoms in total. The Bertz CT molecular complexity index is 329. The standard InChI is InChI=1S/C11H16O4/c1-3-8(12)6-9-4-5-10(15-9)7(2)11(13)14/h4-5,7-8,12H,3,6H2,1-2H3,(H,13,14)/t7-,8+/m1/s1. The van der Waals surface area contributed by atoms with Gasteiger partial charge in [-0.05, 0) is 25.5 Å². The van der Waals surface area contributed by atoms with Crippen molar-refractivity contribution in [1.82, 2.24) is 0 Å². The zero-order valence-corrected chi connectivity index (χ0v) is 8.93. The van der Waals surface area contributed by atoms with Crippen LogP contribution in [-0.2, 0) is 11.2 Å². The molecular formula is C11H16O4. The van der Waals surface area contributed by atoms with E-state index in [1.54, 1.807) is 19.1 Å². The van der Waals surface area contributed by atoms with Crippen LogP contribution in [0, 0.1) is 0 Å². The molecule has 0 spiro atoms. The van der Waals surface area contributed by atoms with Gasteiger partial charge in [0.15, 0.2) is 0 Å². The third-order valence-electron chi connectivity index (χ3n) is 2.39. The highest BCUT2D eigenvalue weighted by Gasteiger charge is 2.18. The summed E-state index contributed by atoms with van der Waals surface area (Å²) in [6.07, 6.45) is 0.664. The van der Waals surface area contributed by atoms with Gasteiger partial charge in [-0.1, -0.05) is 6.92 Å². The predicted molar refractivity (Wildman–Crippen MR) is 54.8 cm³/mol. The number of carbonyl (C=O) groups is 1. The smallest absolute Gasteiger partial charge is 0.313 e. The molecule has 0 bridgehead atoms. The molecule has 1 rings (SSSR count).